The van der Waals surface area contributed by atoms with Crippen molar-refractivity contribution < 1.29 is 8.78 Å². The Kier molecular flexibility index (Phi) is 6.58. The first-order chi connectivity index (χ1) is 10.2. The number of nitrogens with zero attached hydrogens (tertiary/aromatic N) is 1. The third-order valence-electron chi connectivity index (χ3n) is 4.30. The van der Waals surface area contributed by atoms with E-state index in [0.717, 1.165) is 19.0 Å². The molecule has 0 heterocycles. The van der Waals surface area contributed by atoms with Gasteiger partial charge in [0.25, 0.3) is 0 Å². The lowest BCUT2D eigenvalue weighted by molar-refractivity contribution is 0.169. The Bertz CT molecular complexity index is 409. The summed E-state index contributed by atoms with van der Waals surface area (Å²) in [5.41, 5.74) is 6.35. The molecule has 1 aliphatic carbocycles. The van der Waals surface area contributed by atoms with E-state index >= 15 is 0 Å². The van der Waals surface area contributed by atoms with Gasteiger partial charge in [-0.25, -0.2) is 8.78 Å². The van der Waals surface area contributed by atoms with E-state index in [1.54, 1.807) is 0 Å². The number of rotatable bonds is 6. The van der Waals surface area contributed by atoms with E-state index in [1.165, 1.54) is 50.7 Å². The Labute approximate surface area is 126 Å². The zero-order chi connectivity index (χ0) is 15.1. The number of hydrogen-bond donors (Lipinski definition) is 1. The van der Waals surface area contributed by atoms with Gasteiger partial charge in [0, 0.05) is 18.7 Å². The summed E-state index contributed by atoms with van der Waals surface area (Å²) < 4.78 is 26.7. The maximum absolute atomic E-state index is 13.4. The van der Waals surface area contributed by atoms with Gasteiger partial charge in [-0.2, -0.15) is 0 Å². The molecule has 118 valence electrons. The molecule has 1 saturated carbocycles. The van der Waals surface area contributed by atoms with Crippen LogP contribution in [0.3, 0.4) is 0 Å². The molecule has 1 aromatic carbocycles. The van der Waals surface area contributed by atoms with E-state index in [9.17, 15) is 8.78 Å². The van der Waals surface area contributed by atoms with Crippen molar-refractivity contribution in [3.8, 4) is 0 Å². The van der Waals surface area contributed by atoms with E-state index < -0.39 is 11.6 Å². The molecule has 1 aliphatic rings. The molecular weight excluding hydrogens is 270 g/mol. The van der Waals surface area contributed by atoms with Gasteiger partial charge in [0.05, 0.1) is 0 Å². The number of benzene rings is 1. The summed E-state index contributed by atoms with van der Waals surface area (Å²) in [6.45, 7) is 2.17. The topological polar surface area (TPSA) is 29.3 Å². The normalized spacial score (nSPS) is 17.1. The van der Waals surface area contributed by atoms with Crippen LogP contribution in [-0.2, 0) is 6.54 Å². The van der Waals surface area contributed by atoms with Crippen LogP contribution in [0, 0.1) is 11.6 Å². The van der Waals surface area contributed by atoms with Crippen LogP contribution in [0.1, 0.15) is 50.5 Å². The second-order valence-electron chi connectivity index (χ2n) is 6.04. The van der Waals surface area contributed by atoms with Crippen LogP contribution in [0.4, 0.5) is 8.78 Å². The molecule has 0 unspecified atom stereocenters. The highest BCUT2D eigenvalue weighted by molar-refractivity contribution is 5.18. The molecule has 2 N–H and O–H groups in total. The van der Waals surface area contributed by atoms with Crippen molar-refractivity contribution >= 4 is 0 Å². The van der Waals surface area contributed by atoms with Crippen molar-refractivity contribution in [3.63, 3.8) is 0 Å². The van der Waals surface area contributed by atoms with Gasteiger partial charge >= 0.3 is 0 Å². The van der Waals surface area contributed by atoms with Crippen LogP contribution in [-0.4, -0.2) is 24.0 Å². The second kappa shape index (κ2) is 8.44. The third-order valence-corrected chi connectivity index (χ3v) is 4.30. The Morgan fingerprint density at radius 3 is 2.19 bits per heavy atom. The molecule has 0 amide bonds. The third kappa shape index (κ3) is 5.36. The van der Waals surface area contributed by atoms with Crippen LogP contribution in [0.25, 0.3) is 0 Å². The van der Waals surface area contributed by atoms with Crippen LogP contribution in [0.15, 0.2) is 18.2 Å². The molecule has 0 aliphatic heterocycles. The van der Waals surface area contributed by atoms with Gasteiger partial charge in [-0.05, 0) is 50.0 Å². The average molecular weight is 296 g/mol. The first kappa shape index (κ1) is 16.4. The molecule has 4 heteroatoms. The van der Waals surface area contributed by atoms with Crippen molar-refractivity contribution in [1.29, 1.82) is 0 Å². The minimum atomic E-state index is -0.496. The van der Waals surface area contributed by atoms with Crippen molar-refractivity contribution in [3.05, 3.63) is 35.4 Å². The Morgan fingerprint density at radius 1 is 1.00 bits per heavy atom. The van der Waals surface area contributed by atoms with Gasteiger partial charge in [-0.1, -0.05) is 25.7 Å². The lowest BCUT2D eigenvalue weighted by Gasteiger charge is -2.31. The zero-order valence-corrected chi connectivity index (χ0v) is 12.7. The maximum Gasteiger partial charge on any atom is 0.126 e. The molecule has 2 nitrogen and oxygen atoms in total. The summed E-state index contributed by atoms with van der Waals surface area (Å²) in [4.78, 5) is 2.37. The number of halogens is 2. The van der Waals surface area contributed by atoms with E-state index in [0.29, 0.717) is 24.7 Å². The monoisotopic (exact) mass is 296 g/mol. The van der Waals surface area contributed by atoms with Gasteiger partial charge in [0.1, 0.15) is 11.6 Å². The summed E-state index contributed by atoms with van der Waals surface area (Å²) >= 11 is 0. The summed E-state index contributed by atoms with van der Waals surface area (Å²) in [6.07, 6.45) is 8.40. The molecule has 0 bridgehead atoms. The van der Waals surface area contributed by atoms with Crippen LogP contribution < -0.4 is 5.73 Å². The van der Waals surface area contributed by atoms with Gasteiger partial charge in [0.15, 0.2) is 0 Å². The molecule has 0 spiro atoms. The van der Waals surface area contributed by atoms with Gasteiger partial charge in [0.2, 0.25) is 0 Å². The highest BCUT2D eigenvalue weighted by Gasteiger charge is 2.20. The summed E-state index contributed by atoms with van der Waals surface area (Å²) in [5, 5.41) is 0. The lowest BCUT2D eigenvalue weighted by atomic mass is 10.1. The molecule has 0 atom stereocenters. The molecule has 0 aromatic heterocycles. The standard InChI is InChI=1S/C17H26F2N2/c18-15-10-14(11-16(19)12-15)13-21(9-5-8-20)17-6-3-1-2-4-7-17/h10-12,17H,1-9,13,20H2. The fourth-order valence-electron chi connectivity index (χ4n) is 3.24. The van der Waals surface area contributed by atoms with Crippen molar-refractivity contribution in [2.24, 2.45) is 5.73 Å². The molecule has 21 heavy (non-hydrogen) atoms. The summed E-state index contributed by atoms with van der Waals surface area (Å²) in [7, 11) is 0. The highest BCUT2D eigenvalue weighted by atomic mass is 19.1. The van der Waals surface area contributed by atoms with Crippen molar-refractivity contribution in [2.45, 2.75) is 57.5 Å². The minimum absolute atomic E-state index is 0.496. The van der Waals surface area contributed by atoms with Gasteiger partial charge in [-0.3, -0.25) is 4.90 Å². The predicted octanol–water partition coefficient (Wildman–Crippen LogP) is 3.84. The quantitative estimate of drug-likeness (QED) is 0.808. The summed E-state index contributed by atoms with van der Waals surface area (Å²) in [5.74, 6) is -0.991. The maximum atomic E-state index is 13.4. The SMILES string of the molecule is NCCCN(Cc1cc(F)cc(F)c1)C1CCCCCC1. The van der Waals surface area contributed by atoms with Crippen LogP contribution in [0.2, 0.25) is 0 Å². The molecule has 1 aromatic rings. The molecular formula is C17H26F2N2. The molecule has 0 radical (unpaired) electrons. The predicted molar refractivity (Wildman–Crippen MR) is 81.9 cm³/mol. The number of hydrogen-bond acceptors (Lipinski definition) is 2. The fraction of sp³-hybridized carbons (Fsp3) is 0.647. The molecule has 0 saturated heterocycles. The smallest absolute Gasteiger partial charge is 0.126 e. The Morgan fingerprint density at radius 2 is 1.62 bits per heavy atom. The first-order valence-corrected chi connectivity index (χ1v) is 8.08. The fourth-order valence-corrected chi connectivity index (χ4v) is 3.24. The Hall–Kier alpha value is -1.00. The van der Waals surface area contributed by atoms with Crippen molar-refractivity contribution in [1.82, 2.24) is 4.90 Å². The lowest BCUT2D eigenvalue weighted by Crippen LogP contribution is -2.36. The molecule has 1 fully saturated rings. The average Bonchev–Trinajstić information content (AvgIpc) is 2.71. The minimum Gasteiger partial charge on any atom is -0.330 e. The van der Waals surface area contributed by atoms with Crippen molar-refractivity contribution in [2.75, 3.05) is 13.1 Å². The van der Waals surface area contributed by atoms with E-state index in [-0.39, 0.29) is 0 Å². The highest BCUT2D eigenvalue weighted by Crippen LogP contribution is 2.24. The Balaban J connectivity index is 2.06. The first-order valence-electron chi connectivity index (χ1n) is 8.08. The molecule has 2 rings (SSSR count). The zero-order valence-electron chi connectivity index (χ0n) is 12.7. The van der Waals surface area contributed by atoms with Crippen LogP contribution in [0.5, 0.6) is 0 Å². The van der Waals surface area contributed by atoms with Gasteiger partial charge in [-0.15, -0.1) is 0 Å². The largest absolute Gasteiger partial charge is 0.330 e. The number of nitrogens with two attached hydrogens (primary N) is 1. The van der Waals surface area contributed by atoms with E-state index in [4.69, 9.17) is 5.73 Å². The van der Waals surface area contributed by atoms with Crippen LogP contribution >= 0.6 is 0 Å². The van der Waals surface area contributed by atoms with Gasteiger partial charge < -0.3 is 5.73 Å². The second-order valence-corrected chi connectivity index (χ2v) is 6.04. The van der Waals surface area contributed by atoms with E-state index in [2.05, 4.69) is 4.90 Å². The van der Waals surface area contributed by atoms with E-state index in [1.807, 2.05) is 0 Å². The summed E-state index contributed by atoms with van der Waals surface area (Å²) in [6, 6.07) is 4.33.